The minimum atomic E-state index is -0.0741. The third-order valence-electron chi connectivity index (χ3n) is 5.98. The van der Waals surface area contributed by atoms with E-state index in [4.69, 9.17) is 21.1 Å². The summed E-state index contributed by atoms with van der Waals surface area (Å²) in [4.78, 5) is 15.4. The van der Waals surface area contributed by atoms with E-state index < -0.39 is 0 Å². The summed E-state index contributed by atoms with van der Waals surface area (Å²) in [6, 6.07) is 17.9. The van der Waals surface area contributed by atoms with Crippen LogP contribution in [0.15, 0.2) is 60.4 Å². The molecule has 0 saturated heterocycles. The first-order chi connectivity index (χ1) is 15.5. The molecule has 0 radical (unpaired) electrons. The van der Waals surface area contributed by atoms with E-state index in [1.54, 1.807) is 0 Å². The number of hydrogen-bond donors (Lipinski definition) is 0. The van der Waals surface area contributed by atoms with Gasteiger partial charge in [0.1, 0.15) is 18.2 Å². The highest BCUT2D eigenvalue weighted by molar-refractivity contribution is 6.31. The van der Waals surface area contributed by atoms with Gasteiger partial charge in [0.15, 0.2) is 5.76 Å². The number of benzene rings is 3. The van der Waals surface area contributed by atoms with Crippen LogP contribution >= 0.6 is 11.6 Å². The second kappa shape index (κ2) is 8.45. The van der Waals surface area contributed by atoms with E-state index in [-0.39, 0.29) is 5.78 Å². The summed E-state index contributed by atoms with van der Waals surface area (Å²) in [6.45, 7) is 5.92. The van der Waals surface area contributed by atoms with E-state index in [2.05, 4.69) is 4.90 Å². The van der Waals surface area contributed by atoms with Crippen molar-refractivity contribution in [3.63, 3.8) is 0 Å². The van der Waals surface area contributed by atoms with Gasteiger partial charge in [-0.1, -0.05) is 59.6 Å². The van der Waals surface area contributed by atoms with Crippen LogP contribution in [0.1, 0.15) is 38.2 Å². The number of aryl methyl sites for hydroxylation is 2. The molecule has 0 amide bonds. The molecule has 0 aromatic heterocycles. The summed E-state index contributed by atoms with van der Waals surface area (Å²) in [6.07, 6.45) is 2.64. The Labute approximate surface area is 193 Å². The number of hydrogen-bond acceptors (Lipinski definition) is 4. The van der Waals surface area contributed by atoms with Gasteiger partial charge in [-0.25, -0.2) is 0 Å². The van der Waals surface area contributed by atoms with Crippen LogP contribution in [0, 0.1) is 13.8 Å². The lowest BCUT2D eigenvalue weighted by Gasteiger charge is -2.30. The number of fused-ring (bicyclic) bond motifs is 3. The van der Waals surface area contributed by atoms with E-state index >= 15 is 0 Å². The number of ketones is 1. The highest BCUT2D eigenvalue weighted by Crippen LogP contribution is 2.44. The fraction of sp³-hybridized carbons (Fsp3) is 0.222. The molecular formula is C27H24ClNO3. The third kappa shape index (κ3) is 3.92. The summed E-state index contributed by atoms with van der Waals surface area (Å²) in [5, 5.41) is 0.780. The molecule has 0 spiro atoms. The summed E-state index contributed by atoms with van der Waals surface area (Å²) >= 11 is 6.31. The van der Waals surface area contributed by atoms with E-state index in [1.165, 1.54) is 0 Å². The molecular weight excluding hydrogens is 422 g/mol. The largest absolute Gasteiger partial charge is 0.478 e. The smallest absolute Gasteiger partial charge is 0.232 e. The fourth-order valence-corrected chi connectivity index (χ4v) is 4.54. The number of halogens is 1. The summed E-state index contributed by atoms with van der Waals surface area (Å²) in [5.41, 5.74) is 5.64. The number of Topliss-reactive ketones (excluding diaryl/α,β-unsaturated/α-hetero) is 1. The zero-order valence-electron chi connectivity index (χ0n) is 18.2. The van der Waals surface area contributed by atoms with Crippen molar-refractivity contribution in [3.8, 4) is 11.5 Å². The Morgan fingerprint density at radius 1 is 1.09 bits per heavy atom. The molecule has 3 aromatic carbocycles. The van der Waals surface area contributed by atoms with Crippen molar-refractivity contribution in [2.24, 2.45) is 0 Å². The highest BCUT2D eigenvalue weighted by atomic mass is 35.5. The van der Waals surface area contributed by atoms with Gasteiger partial charge >= 0.3 is 0 Å². The molecule has 4 nitrogen and oxygen atoms in total. The van der Waals surface area contributed by atoms with E-state index in [9.17, 15) is 4.79 Å². The number of carbonyl (C=O) groups is 1. The van der Waals surface area contributed by atoms with Gasteiger partial charge in [0.25, 0.3) is 0 Å². The molecule has 0 N–H and O–H groups in total. The molecule has 5 heteroatoms. The van der Waals surface area contributed by atoms with Crippen LogP contribution < -0.4 is 9.47 Å². The van der Waals surface area contributed by atoms with Gasteiger partial charge in [-0.2, -0.15) is 0 Å². The van der Waals surface area contributed by atoms with E-state index in [1.807, 2.05) is 74.5 Å². The second-order valence-corrected chi connectivity index (χ2v) is 8.80. The Kier molecular flexibility index (Phi) is 5.50. The predicted octanol–water partition coefficient (Wildman–Crippen LogP) is 5.97. The second-order valence-electron chi connectivity index (χ2n) is 8.40. The van der Waals surface area contributed by atoms with Crippen LogP contribution in [0.4, 0.5) is 0 Å². The predicted molar refractivity (Wildman–Crippen MR) is 126 cm³/mol. The molecule has 0 fully saturated rings. The molecule has 0 bridgehead atoms. The molecule has 2 heterocycles. The average molecular weight is 446 g/mol. The summed E-state index contributed by atoms with van der Waals surface area (Å²) in [7, 11) is 0. The van der Waals surface area contributed by atoms with Gasteiger partial charge in [-0.3, -0.25) is 9.69 Å². The van der Waals surface area contributed by atoms with Crippen LogP contribution in [0.5, 0.6) is 11.5 Å². The van der Waals surface area contributed by atoms with E-state index in [0.29, 0.717) is 30.3 Å². The minimum Gasteiger partial charge on any atom is -0.478 e. The van der Waals surface area contributed by atoms with Crippen LogP contribution in [0.3, 0.4) is 0 Å². The monoisotopic (exact) mass is 445 g/mol. The van der Waals surface area contributed by atoms with Gasteiger partial charge in [-0.15, -0.1) is 0 Å². The van der Waals surface area contributed by atoms with Crippen LogP contribution in [-0.2, 0) is 13.0 Å². The SMILES string of the molecule is Cc1cccc(/C=C2\Oc3c4c(cc(C)c3C2=O)OCN(CCc2ccccc2Cl)C4)c1. The van der Waals surface area contributed by atoms with Crippen LogP contribution in [-0.4, -0.2) is 24.0 Å². The van der Waals surface area contributed by atoms with Crippen molar-refractivity contribution in [3.05, 3.63) is 98.8 Å². The molecule has 32 heavy (non-hydrogen) atoms. The fourth-order valence-electron chi connectivity index (χ4n) is 4.31. The summed E-state index contributed by atoms with van der Waals surface area (Å²) < 4.78 is 12.2. The van der Waals surface area contributed by atoms with E-state index in [0.717, 1.165) is 51.6 Å². The lowest BCUT2D eigenvalue weighted by atomic mass is 9.98. The molecule has 0 aliphatic carbocycles. The lowest BCUT2D eigenvalue weighted by Crippen LogP contribution is -2.34. The molecule has 5 rings (SSSR count). The molecule has 0 atom stereocenters. The van der Waals surface area contributed by atoms with Crippen molar-refractivity contribution in [2.45, 2.75) is 26.8 Å². The van der Waals surface area contributed by atoms with Crippen molar-refractivity contribution in [1.82, 2.24) is 4.90 Å². The van der Waals surface area contributed by atoms with Gasteiger partial charge in [0, 0.05) is 18.1 Å². The van der Waals surface area contributed by atoms with Crippen molar-refractivity contribution in [1.29, 1.82) is 0 Å². The van der Waals surface area contributed by atoms with Crippen molar-refractivity contribution in [2.75, 3.05) is 13.3 Å². The quantitative estimate of drug-likeness (QED) is 0.464. The first-order valence-corrected chi connectivity index (χ1v) is 11.1. The maximum Gasteiger partial charge on any atom is 0.232 e. The molecule has 0 saturated carbocycles. The Morgan fingerprint density at radius 3 is 2.75 bits per heavy atom. The van der Waals surface area contributed by atoms with Crippen LogP contribution in [0.25, 0.3) is 6.08 Å². The Morgan fingerprint density at radius 2 is 1.94 bits per heavy atom. The van der Waals surface area contributed by atoms with Gasteiger partial charge in [0.2, 0.25) is 5.78 Å². The van der Waals surface area contributed by atoms with Crippen LogP contribution in [0.2, 0.25) is 5.02 Å². The van der Waals surface area contributed by atoms with Gasteiger partial charge in [0.05, 0.1) is 11.1 Å². The third-order valence-corrected chi connectivity index (χ3v) is 6.35. The number of rotatable bonds is 4. The van der Waals surface area contributed by atoms with Crippen molar-refractivity contribution < 1.29 is 14.3 Å². The molecule has 2 aliphatic heterocycles. The Hall–Kier alpha value is -3.08. The average Bonchev–Trinajstić information content (AvgIpc) is 3.10. The zero-order chi connectivity index (χ0) is 22.2. The standard InChI is InChI=1S/C27H24ClNO3/c1-17-6-5-7-19(12-17)14-24-26(30)25-18(2)13-23-21(27(25)32-24)15-29(16-31-23)11-10-20-8-3-4-9-22(20)28/h3-9,12-14H,10-11,15-16H2,1-2H3/b24-14-. The van der Waals surface area contributed by atoms with Crippen molar-refractivity contribution >= 4 is 23.5 Å². The first-order valence-electron chi connectivity index (χ1n) is 10.8. The molecule has 162 valence electrons. The molecule has 3 aromatic rings. The summed E-state index contributed by atoms with van der Waals surface area (Å²) in [5.74, 6) is 1.71. The Bertz CT molecular complexity index is 1250. The number of nitrogens with zero attached hydrogens (tertiary/aromatic N) is 1. The number of ether oxygens (including phenoxy) is 2. The highest BCUT2D eigenvalue weighted by Gasteiger charge is 2.35. The Balaban J connectivity index is 1.41. The normalized spacial score (nSPS) is 16.5. The maximum absolute atomic E-state index is 13.2. The number of allylic oxidation sites excluding steroid dienone is 1. The van der Waals surface area contributed by atoms with Gasteiger partial charge in [-0.05, 0) is 55.2 Å². The minimum absolute atomic E-state index is 0.0741. The molecule has 0 unspecified atom stereocenters. The topological polar surface area (TPSA) is 38.8 Å². The first kappa shape index (κ1) is 20.8. The molecule has 2 aliphatic rings. The maximum atomic E-state index is 13.2. The zero-order valence-corrected chi connectivity index (χ0v) is 18.9. The van der Waals surface area contributed by atoms with Gasteiger partial charge < -0.3 is 9.47 Å². The number of carbonyl (C=O) groups excluding carboxylic acids is 1. The lowest BCUT2D eigenvalue weighted by molar-refractivity contribution is 0.0949.